The van der Waals surface area contributed by atoms with Gasteiger partial charge in [-0.15, -0.1) is 0 Å². The van der Waals surface area contributed by atoms with Gasteiger partial charge in [-0.05, 0) is 34.0 Å². The van der Waals surface area contributed by atoms with Gasteiger partial charge in [0.15, 0.2) is 0 Å². The van der Waals surface area contributed by atoms with Crippen LogP contribution in [-0.4, -0.2) is 53.9 Å². The summed E-state index contributed by atoms with van der Waals surface area (Å²) in [6.07, 6.45) is -0.657. The SMILES string of the molecule is COCC(c1ccc(F)cc1)C(OC)C(OC)C(COC)c1cccc2ccccc12. The van der Waals surface area contributed by atoms with Crippen LogP contribution in [0.3, 0.4) is 0 Å². The van der Waals surface area contributed by atoms with Crippen molar-refractivity contribution in [3.63, 3.8) is 0 Å². The van der Waals surface area contributed by atoms with Gasteiger partial charge in [-0.1, -0.05) is 54.6 Å². The molecule has 3 aromatic carbocycles. The maximum absolute atomic E-state index is 13.5. The normalized spacial score (nSPS) is 15.5. The van der Waals surface area contributed by atoms with E-state index in [0.717, 1.165) is 21.9 Å². The Morgan fingerprint density at radius 1 is 0.677 bits per heavy atom. The second-order valence-corrected chi connectivity index (χ2v) is 7.64. The molecule has 0 bridgehead atoms. The highest BCUT2D eigenvalue weighted by Gasteiger charge is 2.37. The van der Waals surface area contributed by atoms with E-state index in [-0.39, 0.29) is 29.9 Å². The van der Waals surface area contributed by atoms with Crippen LogP contribution < -0.4 is 0 Å². The Bertz CT molecular complexity index is 938. The van der Waals surface area contributed by atoms with Crippen LogP contribution in [0.15, 0.2) is 66.7 Å². The van der Waals surface area contributed by atoms with Crippen LogP contribution in [-0.2, 0) is 18.9 Å². The molecule has 0 aromatic heterocycles. The smallest absolute Gasteiger partial charge is 0.123 e. The van der Waals surface area contributed by atoms with Crippen LogP contribution in [0, 0.1) is 5.82 Å². The molecule has 0 spiro atoms. The van der Waals surface area contributed by atoms with Gasteiger partial charge in [-0.25, -0.2) is 4.39 Å². The Hall–Kier alpha value is -2.31. The first-order valence-electron chi connectivity index (χ1n) is 10.4. The maximum Gasteiger partial charge on any atom is 0.123 e. The lowest BCUT2D eigenvalue weighted by atomic mass is 9.81. The standard InChI is InChI=1S/C26H31FO4/c1-28-16-23(19-12-14-20(27)15-13-19)25(30-3)26(31-4)24(17-29-2)22-11-7-9-18-8-5-6-10-21(18)22/h5-15,23-26H,16-17H2,1-4H3. The first kappa shape index (κ1) is 23.4. The molecule has 4 nitrogen and oxygen atoms in total. The molecular formula is C26H31FO4. The first-order chi connectivity index (χ1) is 15.1. The van der Waals surface area contributed by atoms with Gasteiger partial charge in [0, 0.05) is 40.3 Å². The summed E-state index contributed by atoms with van der Waals surface area (Å²) in [6.45, 7) is 0.884. The summed E-state index contributed by atoms with van der Waals surface area (Å²) in [7, 11) is 6.72. The molecule has 0 aliphatic heterocycles. The highest BCUT2D eigenvalue weighted by atomic mass is 19.1. The summed E-state index contributed by atoms with van der Waals surface area (Å²) in [5, 5.41) is 2.32. The minimum Gasteiger partial charge on any atom is -0.384 e. The number of methoxy groups -OCH3 is 4. The van der Waals surface area contributed by atoms with E-state index in [0.29, 0.717) is 13.2 Å². The monoisotopic (exact) mass is 426 g/mol. The second-order valence-electron chi connectivity index (χ2n) is 7.64. The highest BCUT2D eigenvalue weighted by molar-refractivity contribution is 5.86. The van der Waals surface area contributed by atoms with E-state index in [4.69, 9.17) is 18.9 Å². The third-order valence-electron chi connectivity index (χ3n) is 5.87. The van der Waals surface area contributed by atoms with Crippen LogP contribution in [0.4, 0.5) is 4.39 Å². The zero-order valence-electron chi connectivity index (χ0n) is 18.6. The van der Waals surface area contributed by atoms with Crippen molar-refractivity contribution < 1.29 is 23.3 Å². The molecule has 0 aliphatic carbocycles. The predicted octanol–water partition coefficient (Wildman–Crippen LogP) is 5.17. The van der Waals surface area contributed by atoms with E-state index < -0.39 is 0 Å². The molecule has 5 heteroatoms. The van der Waals surface area contributed by atoms with Crippen molar-refractivity contribution in [1.82, 2.24) is 0 Å². The van der Waals surface area contributed by atoms with Crippen LogP contribution >= 0.6 is 0 Å². The highest BCUT2D eigenvalue weighted by Crippen LogP contribution is 2.36. The minimum atomic E-state index is -0.338. The minimum absolute atomic E-state index is 0.0779. The molecule has 4 atom stereocenters. The second kappa shape index (κ2) is 11.3. The van der Waals surface area contributed by atoms with Gasteiger partial charge >= 0.3 is 0 Å². The first-order valence-corrected chi connectivity index (χ1v) is 10.4. The van der Waals surface area contributed by atoms with Crippen molar-refractivity contribution in [2.45, 2.75) is 24.0 Å². The predicted molar refractivity (Wildman–Crippen MR) is 121 cm³/mol. The molecule has 4 unspecified atom stereocenters. The number of benzene rings is 3. The third kappa shape index (κ3) is 5.31. The van der Waals surface area contributed by atoms with Crippen molar-refractivity contribution in [3.8, 4) is 0 Å². The lowest BCUT2D eigenvalue weighted by molar-refractivity contribution is -0.0791. The van der Waals surface area contributed by atoms with Crippen LogP contribution in [0.5, 0.6) is 0 Å². The average molecular weight is 427 g/mol. The summed E-state index contributed by atoms with van der Waals surface area (Å²) in [5.74, 6) is -0.495. The fourth-order valence-electron chi connectivity index (χ4n) is 4.44. The van der Waals surface area contributed by atoms with Gasteiger partial charge in [0.1, 0.15) is 5.82 Å². The van der Waals surface area contributed by atoms with E-state index >= 15 is 0 Å². The zero-order valence-corrected chi connectivity index (χ0v) is 18.6. The number of hydrogen-bond donors (Lipinski definition) is 0. The van der Waals surface area contributed by atoms with Gasteiger partial charge in [0.05, 0.1) is 25.4 Å². The molecule has 31 heavy (non-hydrogen) atoms. The summed E-state index contributed by atoms with van der Waals surface area (Å²) < 4.78 is 36.8. The van der Waals surface area contributed by atoms with Gasteiger partial charge < -0.3 is 18.9 Å². The Morgan fingerprint density at radius 3 is 1.90 bits per heavy atom. The summed E-state index contributed by atoms with van der Waals surface area (Å²) >= 11 is 0. The molecule has 3 aromatic rings. The fourth-order valence-corrected chi connectivity index (χ4v) is 4.44. The number of hydrogen-bond acceptors (Lipinski definition) is 4. The molecule has 0 saturated heterocycles. The topological polar surface area (TPSA) is 36.9 Å². The van der Waals surface area contributed by atoms with Crippen molar-refractivity contribution in [1.29, 1.82) is 0 Å². The molecule has 166 valence electrons. The molecule has 0 aliphatic rings. The van der Waals surface area contributed by atoms with E-state index in [1.165, 1.54) is 12.1 Å². The molecule has 0 amide bonds. The number of fused-ring (bicyclic) bond motifs is 1. The van der Waals surface area contributed by atoms with E-state index in [1.807, 2.05) is 12.1 Å². The molecular weight excluding hydrogens is 395 g/mol. The summed E-state index contributed by atoms with van der Waals surface area (Å²) in [6, 6.07) is 21.1. The van der Waals surface area contributed by atoms with Gasteiger partial charge in [0.2, 0.25) is 0 Å². The number of ether oxygens (including phenoxy) is 4. The lowest BCUT2D eigenvalue weighted by Crippen LogP contribution is -2.42. The fraction of sp³-hybridized carbons (Fsp3) is 0.385. The molecule has 0 N–H and O–H groups in total. The third-order valence-corrected chi connectivity index (χ3v) is 5.87. The van der Waals surface area contributed by atoms with Gasteiger partial charge in [-0.3, -0.25) is 0 Å². The largest absolute Gasteiger partial charge is 0.384 e. The Labute approximate surface area is 183 Å². The Morgan fingerprint density at radius 2 is 1.26 bits per heavy atom. The Balaban J connectivity index is 2.05. The molecule has 3 rings (SSSR count). The van der Waals surface area contributed by atoms with Crippen LogP contribution in [0.25, 0.3) is 10.8 Å². The lowest BCUT2D eigenvalue weighted by Gasteiger charge is -2.37. The van der Waals surface area contributed by atoms with E-state index in [2.05, 4.69) is 30.3 Å². The molecule has 0 heterocycles. The van der Waals surface area contributed by atoms with Crippen molar-refractivity contribution in [3.05, 3.63) is 83.7 Å². The van der Waals surface area contributed by atoms with Gasteiger partial charge in [0.25, 0.3) is 0 Å². The van der Waals surface area contributed by atoms with E-state index in [9.17, 15) is 4.39 Å². The molecule has 0 saturated carbocycles. The number of rotatable bonds is 11. The number of halogens is 1. The quantitative estimate of drug-likeness (QED) is 0.424. The maximum atomic E-state index is 13.5. The average Bonchev–Trinajstić information content (AvgIpc) is 2.80. The van der Waals surface area contributed by atoms with E-state index in [1.54, 1.807) is 40.6 Å². The molecule has 0 fully saturated rings. The van der Waals surface area contributed by atoms with Crippen LogP contribution in [0.1, 0.15) is 23.0 Å². The van der Waals surface area contributed by atoms with Gasteiger partial charge in [-0.2, -0.15) is 0 Å². The van der Waals surface area contributed by atoms with Crippen molar-refractivity contribution in [2.24, 2.45) is 0 Å². The van der Waals surface area contributed by atoms with Crippen molar-refractivity contribution >= 4 is 10.8 Å². The zero-order chi connectivity index (χ0) is 22.2. The molecule has 0 radical (unpaired) electrons. The van der Waals surface area contributed by atoms with Crippen LogP contribution in [0.2, 0.25) is 0 Å². The Kier molecular flexibility index (Phi) is 8.55. The van der Waals surface area contributed by atoms with Crippen molar-refractivity contribution in [2.75, 3.05) is 41.7 Å². The summed E-state index contributed by atoms with van der Waals surface area (Å²) in [4.78, 5) is 0. The summed E-state index contributed by atoms with van der Waals surface area (Å²) in [5.41, 5.74) is 2.08.